The summed E-state index contributed by atoms with van der Waals surface area (Å²) in [6, 6.07) is 0.0113. The van der Waals surface area contributed by atoms with Crippen LogP contribution in [0.2, 0.25) is 0 Å². The number of imide groups is 1. The Kier molecular flexibility index (Phi) is 1.68. The van der Waals surface area contributed by atoms with Crippen molar-refractivity contribution in [3.05, 3.63) is 0 Å². The predicted octanol–water partition coefficient (Wildman–Crippen LogP) is 1.26. The summed E-state index contributed by atoms with van der Waals surface area (Å²) in [6.07, 6.45) is 5.25. The number of carbonyl (C=O) groups is 2. The van der Waals surface area contributed by atoms with Crippen LogP contribution in [-0.4, -0.2) is 28.4 Å². The van der Waals surface area contributed by atoms with Crippen LogP contribution < -0.4 is 5.32 Å². The van der Waals surface area contributed by atoms with E-state index in [9.17, 15) is 9.59 Å². The Morgan fingerprint density at radius 1 is 1.27 bits per heavy atom. The minimum Gasteiger partial charge on any atom is -0.323 e. The monoisotopic (exact) mass is 208 g/mol. The molecular formula is C11H16N2O2. The van der Waals surface area contributed by atoms with Gasteiger partial charge in [-0.05, 0) is 44.9 Å². The Morgan fingerprint density at radius 3 is 2.40 bits per heavy atom. The number of hydrogen-bond acceptors (Lipinski definition) is 2. The van der Waals surface area contributed by atoms with Crippen LogP contribution in [0.1, 0.15) is 39.0 Å². The summed E-state index contributed by atoms with van der Waals surface area (Å²) in [7, 11) is 0. The largest absolute Gasteiger partial charge is 0.325 e. The molecule has 3 rings (SSSR count). The summed E-state index contributed by atoms with van der Waals surface area (Å²) in [5.41, 5.74) is -0.591. The summed E-state index contributed by atoms with van der Waals surface area (Å²) >= 11 is 0. The number of hydrogen-bond donors (Lipinski definition) is 1. The van der Waals surface area contributed by atoms with Gasteiger partial charge in [-0.3, -0.25) is 9.69 Å². The molecule has 0 aromatic carbocycles. The van der Waals surface area contributed by atoms with Gasteiger partial charge in [0.05, 0.1) is 0 Å². The average molecular weight is 208 g/mol. The van der Waals surface area contributed by atoms with Crippen molar-refractivity contribution < 1.29 is 9.59 Å². The van der Waals surface area contributed by atoms with Gasteiger partial charge in [0.2, 0.25) is 0 Å². The summed E-state index contributed by atoms with van der Waals surface area (Å²) in [5.74, 6) is 0.388. The van der Waals surface area contributed by atoms with Gasteiger partial charge in [0.25, 0.3) is 5.91 Å². The van der Waals surface area contributed by atoms with Crippen molar-refractivity contribution in [3.8, 4) is 0 Å². The maximum Gasteiger partial charge on any atom is 0.325 e. The maximum absolute atomic E-state index is 12.2. The number of carbonyl (C=O) groups excluding carboxylic acids is 2. The second-order valence-corrected chi connectivity index (χ2v) is 5.17. The first-order chi connectivity index (χ1) is 7.13. The third kappa shape index (κ3) is 1.13. The molecule has 4 heteroatoms. The highest BCUT2D eigenvalue weighted by Gasteiger charge is 2.57. The van der Waals surface area contributed by atoms with Gasteiger partial charge >= 0.3 is 6.03 Å². The molecule has 1 atom stereocenters. The van der Waals surface area contributed by atoms with Crippen molar-refractivity contribution in [1.29, 1.82) is 0 Å². The summed E-state index contributed by atoms with van der Waals surface area (Å²) in [4.78, 5) is 25.4. The minimum atomic E-state index is -0.591. The first-order valence-electron chi connectivity index (χ1n) is 5.79. The van der Waals surface area contributed by atoms with E-state index in [2.05, 4.69) is 5.32 Å². The zero-order valence-electron chi connectivity index (χ0n) is 8.95. The van der Waals surface area contributed by atoms with Crippen molar-refractivity contribution >= 4 is 11.9 Å². The lowest BCUT2D eigenvalue weighted by atomic mass is 9.90. The molecule has 1 N–H and O–H groups in total. The molecule has 3 fully saturated rings. The van der Waals surface area contributed by atoms with Gasteiger partial charge in [-0.25, -0.2) is 4.79 Å². The van der Waals surface area contributed by atoms with E-state index in [4.69, 9.17) is 0 Å². The highest BCUT2D eigenvalue weighted by Crippen LogP contribution is 2.44. The van der Waals surface area contributed by atoms with E-state index in [1.807, 2.05) is 6.92 Å². The molecule has 0 bridgehead atoms. The fraction of sp³-hybridized carbons (Fsp3) is 0.818. The number of nitrogens with zero attached hydrogens (tertiary/aromatic N) is 1. The molecule has 1 aliphatic heterocycles. The maximum atomic E-state index is 12.2. The Balaban J connectivity index is 1.85. The number of nitrogens with one attached hydrogen (secondary N) is 1. The van der Waals surface area contributed by atoms with E-state index in [0.717, 1.165) is 32.1 Å². The first kappa shape index (κ1) is 9.19. The molecule has 1 heterocycles. The lowest BCUT2D eigenvalue weighted by molar-refractivity contribution is -0.134. The molecule has 1 unspecified atom stereocenters. The number of rotatable bonds is 2. The van der Waals surface area contributed by atoms with Crippen molar-refractivity contribution in [2.24, 2.45) is 5.92 Å². The topological polar surface area (TPSA) is 49.4 Å². The molecule has 0 aromatic rings. The third-order valence-corrected chi connectivity index (χ3v) is 4.08. The van der Waals surface area contributed by atoms with Crippen LogP contribution in [0.3, 0.4) is 0 Å². The molecule has 2 saturated carbocycles. The van der Waals surface area contributed by atoms with Crippen LogP contribution in [-0.2, 0) is 4.79 Å². The zero-order chi connectivity index (χ0) is 10.6. The van der Waals surface area contributed by atoms with E-state index in [1.165, 1.54) is 4.90 Å². The second kappa shape index (κ2) is 2.74. The van der Waals surface area contributed by atoms with Crippen molar-refractivity contribution in [2.45, 2.75) is 50.6 Å². The Hall–Kier alpha value is -1.06. The predicted molar refractivity (Wildman–Crippen MR) is 54.1 cm³/mol. The first-order valence-corrected chi connectivity index (χ1v) is 5.79. The Labute approximate surface area is 89.0 Å². The SMILES string of the molecule is CC1(C2CC2)NC(=O)N(C2CCC2)C1=O. The van der Waals surface area contributed by atoms with Crippen molar-refractivity contribution in [3.63, 3.8) is 0 Å². The average Bonchev–Trinajstić information content (AvgIpc) is 2.88. The molecule has 4 nitrogen and oxygen atoms in total. The molecule has 2 aliphatic carbocycles. The van der Waals surface area contributed by atoms with Crippen LogP contribution in [0.5, 0.6) is 0 Å². The van der Waals surface area contributed by atoms with Crippen LogP contribution in [0, 0.1) is 5.92 Å². The smallest absolute Gasteiger partial charge is 0.323 e. The van der Waals surface area contributed by atoms with E-state index in [-0.39, 0.29) is 18.0 Å². The van der Waals surface area contributed by atoms with E-state index in [0.29, 0.717) is 5.92 Å². The summed E-state index contributed by atoms with van der Waals surface area (Å²) < 4.78 is 0. The lowest BCUT2D eigenvalue weighted by Gasteiger charge is -2.33. The van der Waals surface area contributed by atoms with Gasteiger partial charge in [0.15, 0.2) is 0 Å². The summed E-state index contributed by atoms with van der Waals surface area (Å²) in [6.45, 7) is 1.88. The zero-order valence-corrected chi connectivity index (χ0v) is 8.95. The molecule has 0 radical (unpaired) electrons. The van der Waals surface area contributed by atoms with Crippen molar-refractivity contribution in [1.82, 2.24) is 10.2 Å². The molecule has 3 aliphatic rings. The van der Waals surface area contributed by atoms with Gasteiger partial charge in [0, 0.05) is 6.04 Å². The van der Waals surface area contributed by atoms with Crippen LogP contribution in [0.4, 0.5) is 4.79 Å². The molecule has 1 saturated heterocycles. The quantitative estimate of drug-likeness (QED) is 0.694. The van der Waals surface area contributed by atoms with Crippen LogP contribution in [0.15, 0.2) is 0 Å². The van der Waals surface area contributed by atoms with Crippen LogP contribution in [0.25, 0.3) is 0 Å². The highest BCUT2D eigenvalue weighted by atomic mass is 16.2. The molecule has 3 amide bonds. The molecular weight excluding hydrogens is 192 g/mol. The van der Waals surface area contributed by atoms with Gasteiger partial charge < -0.3 is 5.32 Å². The van der Waals surface area contributed by atoms with E-state index < -0.39 is 5.54 Å². The van der Waals surface area contributed by atoms with Crippen LogP contribution >= 0.6 is 0 Å². The van der Waals surface area contributed by atoms with Gasteiger partial charge in [0.1, 0.15) is 5.54 Å². The number of amides is 3. The Morgan fingerprint density at radius 2 is 1.93 bits per heavy atom. The normalized spacial score (nSPS) is 36.7. The summed E-state index contributed by atoms with van der Waals surface area (Å²) in [5, 5.41) is 2.88. The molecule has 15 heavy (non-hydrogen) atoms. The molecule has 0 aromatic heterocycles. The van der Waals surface area contributed by atoms with E-state index >= 15 is 0 Å². The second-order valence-electron chi connectivity index (χ2n) is 5.17. The fourth-order valence-electron chi connectivity index (χ4n) is 2.59. The van der Waals surface area contributed by atoms with Gasteiger partial charge in [-0.2, -0.15) is 0 Å². The Bertz CT molecular complexity index is 333. The fourth-order valence-corrected chi connectivity index (χ4v) is 2.59. The lowest BCUT2D eigenvalue weighted by Crippen LogP contribution is -2.48. The van der Waals surface area contributed by atoms with Gasteiger partial charge in [-0.15, -0.1) is 0 Å². The van der Waals surface area contributed by atoms with Gasteiger partial charge in [-0.1, -0.05) is 0 Å². The standard InChI is InChI=1S/C11H16N2O2/c1-11(7-5-6-7)9(14)13(10(15)12-11)8-3-2-4-8/h7-8H,2-6H2,1H3,(H,12,15). The van der Waals surface area contributed by atoms with Crippen molar-refractivity contribution in [2.75, 3.05) is 0 Å². The highest BCUT2D eigenvalue weighted by molar-refractivity contribution is 6.07. The minimum absolute atomic E-state index is 0.0136. The molecule has 82 valence electrons. The molecule has 0 spiro atoms. The number of urea groups is 1. The van der Waals surface area contributed by atoms with E-state index in [1.54, 1.807) is 0 Å². The third-order valence-electron chi connectivity index (χ3n) is 4.08.